The highest BCUT2D eigenvalue weighted by Gasteiger charge is 2.21. The average molecular weight is 467 g/mol. The summed E-state index contributed by atoms with van der Waals surface area (Å²) in [5.41, 5.74) is 1.10. The maximum Gasteiger partial charge on any atom is 0.213 e. The molecule has 0 N–H and O–H groups in total. The average Bonchev–Trinajstić information content (AvgIpc) is 2.79. The Morgan fingerprint density at radius 2 is 2.05 bits per heavy atom. The monoisotopic (exact) mass is 464 g/mol. The van der Waals surface area contributed by atoms with Crippen molar-refractivity contribution in [1.82, 2.24) is 9.78 Å². The summed E-state index contributed by atoms with van der Waals surface area (Å²) in [6.45, 7) is 1.02. The Hall–Kier alpha value is -0.500. The van der Waals surface area contributed by atoms with Crippen LogP contribution in [0.15, 0.2) is 37.8 Å². The van der Waals surface area contributed by atoms with Crippen LogP contribution in [0.5, 0.6) is 0 Å². The zero-order valence-corrected chi connectivity index (χ0v) is 15.3. The fraction of sp³-hybridized carbons (Fsp3) is 0.231. The van der Waals surface area contributed by atoms with Gasteiger partial charge < -0.3 is 4.74 Å². The summed E-state index contributed by atoms with van der Waals surface area (Å²) < 4.78 is 8.95. The lowest BCUT2D eigenvalue weighted by atomic mass is 10.1. The lowest BCUT2D eigenvalue weighted by molar-refractivity contribution is 0.102. The van der Waals surface area contributed by atoms with E-state index in [2.05, 4.69) is 52.9 Å². The highest BCUT2D eigenvalue weighted by molar-refractivity contribution is 9.11. The molecular weight excluding hydrogens is 456 g/mol. The van der Waals surface area contributed by atoms with Crippen molar-refractivity contribution in [3.8, 4) is 0 Å². The standard InChI is InChI=1S/C13H11Br3N2O2/c1-20-5-4-18-12(11(16)7-17-18)13(19)9-6-8(14)2-3-10(9)15/h2-3,6-7H,4-5H2,1H3. The number of ketones is 1. The Kier molecular flexibility index (Phi) is 5.54. The quantitative estimate of drug-likeness (QED) is 0.624. The van der Waals surface area contributed by atoms with Gasteiger partial charge in [0.05, 0.1) is 23.8 Å². The van der Waals surface area contributed by atoms with E-state index in [4.69, 9.17) is 4.74 Å². The normalized spacial score (nSPS) is 10.8. The third-order valence-corrected chi connectivity index (χ3v) is 4.46. The third kappa shape index (κ3) is 3.39. The van der Waals surface area contributed by atoms with Crippen LogP contribution in [0.4, 0.5) is 0 Å². The van der Waals surface area contributed by atoms with E-state index in [1.54, 1.807) is 24.1 Å². The van der Waals surface area contributed by atoms with Crippen LogP contribution in [0.3, 0.4) is 0 Å². The van der Waals surface area contributed by atoms with E-state index in [9.17, 15) is 4.79 Å². The molecule has 1 heterocycles. The molecule has 0 aliphatic carbocycles. The first-order valence-electron chi connectivity index (χ1n) is 5.74. The van der Waals surface area contributed by atoms with Gasteiger partial charge in [0, 0.05) is 21.6 Å². The number of carbonyl (C=O) groups is 1. The minimum atomic E-state index is -0.0985. The van der Waals surface area contributed by atoms with Gasteiger partial charge in [-0.1, -0.05) is 31.9 Å². The first-order valence-corrected chi connectivity index (χ1v) is 8.12. The van der Waals surface area contributed by atoms with Crippen molar-refractivity contribution >= 4 is 53.6 Å². The van der Waals surface area contributed by atoms with E-state index in [-0.39, 0.29) is 5.78 Å². The first kappa shape index (κ1) is 15.9. The van der Waals surface area contributed by atoms with Gasteiger partial charge in [0.2, 0.25) is 5.78 Å². The number of ether oxygens (including phenoxy) is 1. The number of carbonyl (C=O) groups excluding carboxylic acids is 1. The van der Waals surface area contributed by atoms with Crippen LogP contribution in [0.1, 0.15) is 16.1 Å². The number of aromatic nitrogens is 2. The molecule has 0 saturated heterocycles. The molecule has 0 saturated carbocycles. The molecule has 0 aliphatic rings. The summed E-state index contributed by atoms with van der Waals surface area (Å²) >= 11 is 10.2. The minimum Gasteiger partial charge on any atom is -0.383 e. The van der Waals surface area contributed by atoms with Crippen LogP contribution in [0, 0.1) is 0 Å². The zero-order chi connectivity index (χ0) is 14.7. The molecule has 0 spiro atoms. The molecule has 1 aromatic heterocycles. The van der Waals surface area contributed by atoms with E-state index in [1.807, 2.05) is 12.1 Å². The number of hydrogen-bond acceptors (Lipinski definition) is 3. The lowest BCUT2D eigenvalue weighted by Gasteiger charge is -2.08. The van der Waals surface area contributed by atoms with Crippen molar-refractivity contribution in [2.24, 2.45) is 0 Å². The van der Waals surface area contributed by atoms with Gasteiger partial charge in [-0.05, 0) is 34.1 Å². The molecule has 1 aromatic carbocycles. The second-order valence-corrected chi connectivity index (χ2v) is 6.63. The Labute approximate surface area is 141 Å². The van der Waals surface area contributed by atoms with Gasteiger partial charge >= 0.3 is 0 Å². The predicted octanol–water partition coefficient (Wildman–Crippen LogP) is 4.05. The maximum atomic E-state index is 12.7. The van der Waals surface area contributed by atoms with Crippen molar-refractivity contribution in [2.45, 2.75) is 6.54 Å². The van der Waals surface area contributed by atoms with Crippen molar-refractivity contribution < 1.29 is 9.53 Å². The SMILES string of the molecule is COCCn1ncc(Br)c1C(=O)c1cc(Br)ccc1Br. The molecule has 20 heavy (non-hydrogen) atoms. The second kappa shape index (κ2) is 6.98. The molecule has 0 radical (unpaired) electrons. The zero-order valence-electron chi connectivity index (χ0n) is 10.6. The van der Waals surface area contributed by atoms with Crippen LogP contribution in [-0.2, 0) is 11.3 Å². The number of nitrogens with zero attached hydrogens (tertiary/aromatic N) is 2. The fourth-order valence-electron chi connectivity index (χ4n) is 1.73. The van der Waals surface area contributed by atoms with Gasteiger partial charge in [0.15, 0.2) is 0 Å². The Balaban J connectivity index is 2.42. The van der Waals surface area contributed by atoms with Gasteiger partial charge in [0.1, 0.15) is 5.69 Å². The predicted molar refractivity (Wildman–Crippen MR) is 87.1 cm³/mol. The molecule has 2 aromatic rings. The van der Waals surface area contributed by atoms with Gasteiger partial charge in [0.25, 0.3) is 0 Å². The molecular formula is C13H11Br3N2O2. The van der Waals surface area contributed by atoms with E-state index in [0.717, 1.165) is 8.95 Å². The number of benzene rings is 1. The van der Waals surface area contributed by atoms with E-state index >= 15 is 0 Å². The summed E-state index contributed by atoms with van der Waals surface area (Å²) in [7, 11) is 1.62. The molecule has 106 valence electrons. The summed E-state index contributed by atoms with van der Waals surface area (Å²) in [5, 5.41) is 4.19. The summed E-state index contributed by atoms with van der Waals surface area (Å²) in [6, 6.07) is 5.49. The molecule has 0 atom stereocenters. The Morgan fingerprint density at radius 3 is 2.75 bits per heavy atom. The van der Waals surface area contributed by atoms with Crippen molar-refractivity contribution in [2.75, 3.05) is 13.7 Å². The molecule has 4 nitrogen and oxygen atoms in total. The van der Waals surface area contributed by atoms with Crippen molar-refractivity contribution in [3.63, 3.8) is 0 Å². The highest BCUT2D eigenvalue weighted by Crippen LogP contribution is 2.27. The van der Waals surface area contributed by atoms with Gasteiger partial charge in [-0.2, -0.15) is 5.10 Å². The maximum absolute atomic E-state index is 12.7. The summed E-state index contributed by atoms with van der Waals surface area (Å²) in [4.78, 5) is 12.7. The Morgan fingerprint density at radius 1 is 1.30 bits per heavy atom. The smallest absolute Gasteiger partial charge is 0.213 e. The van der Waals surface area contributed by atoms with Crippen LogP contribution in [0.2, 0.25) is 0 Å². The molecule has 0 bridgehead atoms. The summed E-state index contributed by atoms with van der Waals surface area (Å²) in [6.07, 6.45) is 1.62. The largest absolute Gasteiger partial charge is 0.383 e. The van der Waals surface area contributed by atoms with E-state index < -0.39 is 0 Å². The second-order valence-electron chi connectivity index (χ2n) is 4.01. The first-order chi connectivity index (χ1) is 9.54. The fourth-order valence-corrected chi connectivity index (χ4v) is 3.00. The van der Waals surface area contributed by atoms with E-state index in [0.29, 0.717) is 28.9 Å². The lowest BCUT2D eigenvalue weighted by Crippen LogP contribution is -2.15. The van der Waals surface area contributed by atoms with Gasteiger partial charge in [-0.3, -0.25) is 9.48 Å². The van der Waals surface area contributed by atoms with Crippen molar-refractivity contribution in [1.29, 1.82) is 0 Å². The molecule has 7 heteroatoms. The molecule has 2 rings (SSSR count). The highest BCUT2D eigenvalue weighted by atomic mass is 79.9. The van der Waals surface area contributed by atoms with E-state index in [1.165, 1.54) is 0 Å². The van der Waals surface area contributed by atoms with Crippen LogP contribution in [0.25, 0.3) is 0 Å². The molecule has 0 aliphatic heterocycles. The van der Waals surface area contributed by atoms with Gasteiger partial charge in [-0.15, -0.1) is 0 Å². The number of methoxy groups -OCH3 is 1. The number of halogens is 3. The van der Waals surface area contributed by atoms with Crippen molar-refractivity contribution in [3.05, 3.63) is 49.1 Å². The Bertz CT molecular complexity index is 641. The van der Waals surface area contributed by atoms with Crippen LogP contribution in [-0.4, -0.2) is 29.3 Å². The summed E-state index contributed by atoms with van der Waals surface area (Å²) in [5.74, 6) is -0.0985. The topological polar surface area (TPSA) is 44.1 Å². The molecule has 0 amide bonds. The number of hydrogen-bond donors (Lipinski definition) is 0. The number of rotatable bonds is 5. The molecule has 0 fully saturated rings. The van der Waals surface area contributed by atoms with Crippen LogP contribution < -0.4 is 0 Å². The van der Waals surface area contributed by atoms with Crippen LogP contribution >= 0.6 is 47.8 Å². The van der Waals surface area contributed by atoms with Gasteiger partial charge in [-0.25, -0.2) is 0 Å². The molecule has 0 unspecified atom stereocenters. The third-order valence-electron chi connectivity index (χ3n) is 2.69. The minimum absolute atomic E-state index is 0.0985.